The highest BCUT2D eigenvalue weighted by Crippen LogP contribution is 2.31. The number of carboxylic acid groups (broad SMARTS) is 1. The average Bonchev–Trinajstić information content (AvgIpc) is 2.51. The first-order valence-electron chi connectivity index (χ1n) is 7.60. The van der Waals surface area contributed by atoms with Crippen LogP contribution >= 0.6 is 11.8 Å². The lowest BCUT2D eigenvalue weighted by atomic mass is 10.1. The molecular formula is C16H22N2O5S. The number of nitro groups is 1. The van der Waals surface area contributed by atoms with E-state index in [-0.39, 0.29) is 24.2 Å². The van der Waals surface area contributed by atoms with Crippen LogP contribution in [0.2, 0.25) is 0 Å². The fourth-order valence-electron chi connectivity index (χ4n) is 1.91. The third-order valence-electron chi connectivity index (χ3n) is 3.36. The Kier molecular flexibility index (Phi) is 7.70. The predicted octanol–water partition coefficient (Wildman–Crippen LogP) is 3.28. The first kappa shape index (κ1) is 20.0. The van der Waals surface area contributed by atoms with Crippen LogP contribution in [0.3, 0.4) is 0 Å². The number of nitrogens with zero attached hydrogens (tertiary/aromatic N) is 2. The molecule has 1 aromatic carbocycles. The summed E-state index contributed by atoms with van der Waals surface area (Å²) in [5.74, 6) is -0.152. The number of aliphatic carboxylic acids is 1. The van der Waals surface area contributed by atoms with Gasteiger partial charge < -0.3 is 10.0 Å². The fourth-order valence-corrected chi connectivity index (χ4v) is 3.16. The van der Waals surface area contributed by atoms with E-state index in [1.165, 1.54) is 29.8 Å². The second-order valence-electron chi connectivity index (χ2n) is 5.84. The van der Waals surface area contributed by atoms with Crippen LogP contribution in [0.15, 0.2) is 23.1 Å². The second-order valence-corrected chi connectivity index (χ2v) is 6.98. The van der Waals surface area contributed by atoms with Crippen molar-refractivity contribution in [2.45, 2.75) is 31.6 Å². The normalized spacial score (nSPS) is 10.7. The molecule has 1 rings (SSSR count). The van der Waals surface area contributed by atoms with Gasteiger partial charge in [0.05, 0.1) is 16.2 Å². The molecule has 7 nitrogen and oxygen atoms in total. The van der Waals surface area contributed by atoms with Crippen LogP contribution in [0.1, 0.15) is 37.0 Å². The van der Waals surface area contributed by atoms with Gasteiger partial charge in [0.2, 0.25) is 0 Å². The van der Waals surface area contributed by atoms with Gasteiger partial charge in [-0.1, -0.05) is 13.8 Å². The van der Waals surface area contributed by atoms with Gasteiger partial charge in [-0.25, -0.2) is 0 Å². The number of hydrogen-bond donors (Lipinski definition) is 1. The molecule has 0 saturated carbocycles. The monoisotopic (exact) mass is 354 g/mol. The molecule has 1 aromatic rings. The number of carboxylic acids is 1. The topological polar surface area (TPSA) is 101 Å². The molecule has 0 aliphatic rings. The lowest BCUT2D eigenvalue weighted by Crippen LogP contribution is -2.29. The highest BCUT2D eigenvalue weighted by Gasteiger charge is 2.20. The zero-order chi connectivity index (χ0) is 18.3. The summed E-state index contributed by atoms with van der Waals surface area (Å²) in [7, 11) is 1.47. The number of nitro benzene ring substituents is 1. The number of benzene rings is 1. The number of thioether (sulfide) groups is 1. The highest BCUT2D eigenvalue weighted by atomic mass is 32.2. The van der Waals surface area contributed by atoms with Gasteiger partial charge in [-0.15, -0.1) is 11.8 Å². The van der Waals surface area contributed by atoms with Crippen molar-refractivity contribution in [1.29, 1.82) is 0 Å². The summed E-state index contributed by atoms with van der Waals surface area (Å²) in [5, 5.41) is 19.9. The van der Waals surface area contributed by atoms with Crippen molar-refractivity contribution in [1.82, 2.24) is 4.90 Å². The molecule has 0 heterocycles. The van der Waals surface area contributed by atoms with E-state index >= 15 is 0 Å². The number of amides is 1. The Bertz CT molecular complexity index is 618. The summed E-state index contributed by atoms with van der Waals surface area (Å²) in [6, 6.07) is 4.39. The number of rotatable bonds is 9. The Morgan fingerprint density at radius 1 is 1.38 bits per heavy atom. The van der Waals surface area contributed by atoms with Crippen LogP contribution in [0.4, 0.5) is 5.69 Å². The number of hydrogen-bond acceptors (Lipinski definition) is 5. The molecule has 8 heteroatoms. The molecular weight excluding hydrogens is 332 g/mol. The summed E-state index contributed by atoms with van der Waals surface area (Å²) >= 11 is 1.40. The van der Waals surface area contributed by atoms with Crippen molar-refractivity contribution in [3.05, 3.63) is 33.9 Å². The van der Waals surface area contributed by atoms with Crippen LogP contribution in [0, 0.1) is 16.0 Å². The smallest absolute Gasteiger partial charge is 0.305 e. The van der Waals surface area contributed by atoms with E-state index in [1.807, 2.05) is 0 Å². The quantitative estimate of drug-likeness (QED) is 0.415. The summed E-state index contributed by atoms with van der Waals surface area (Å²) in [6.07, 6.45) is 0.772. The van der Waals surface area contributed by atoms with Gasteiger partial charge in [-0.3, -0.25) is 19.7 Å². The molecule has 0 aliphatic carbocycles. The van der Waals surface area contributed by atoms with Gasteiger partial charge in [-0.05, 0) is 30.2 Å². The predicted molar refractivity (Wildman–Crippen MR) is 92.5 cm³/mol. The molecule has 0 fully saturated rings. The maximum Gasteiger partial charge on any atom is 0.305 e. The molecule has 0 radical (unpaired) electrons. The fraction of sp³-hybridized carbons (Fsp3) is 0.500. The van der Waals surface area contributed by atoms with Gasteiger partial charge in [0.15, 0.2) is 0 Å². The maximum atomic E-state index is 12.3. The average molecular weight is 354 g/mol. The lowest BCUT2D eigenvalue weighted by molar-refractivity contribution is -0.387. The maximum absolute atomic E-state index is 12.3. The zero-order valence-electron chi connectivity index (χ0n) is 14.0. The molecule has 132 valence electrons. The standard InChI is InChI=1S/C16H22N2O5S/c1-11(2)7-9-24-14-5-4-12(10-13(14)18(22)23)16(21)17(3)8-6-15(19)20/h4-5,10-11H,6-9H2,1-3H3,(H,19,20). The molecule has 0 unspecified atom stereocenters. The van der Waals surface area contributed by atoms with Gasteiger partial charge in [0.1, 0.15) is 0 Å². The van der Waals surface area contributed by atoms with Crippen LogP contribution in [-0.2, 0) is 4.79 Å². The van der Waals surface area contributed by atoms with Crippen LogP contribution in [0.5, 0.6) is 0 Å². The first-order chi connectivity index (χ1) is 11.2. The Morgan fingerprint density at radius 2 is 2.04 bits per heavy atom. The molecule has 0 saturated heterocycles. The van der Waals surface area contributed by atoms with E-state index in [0.717, 1.165) is 12.2 Å². The van der Waals surface area contributed by atoms with Gasteiger partial charge in [0, 0.05) is 25.2 Å². The Labute approximate surface area is 145 Å². The minimum atomic E-state index is -1.00. The Balaban J connectivity index is 2.90. The van der Waals surface area contributed by atoms with Crippen molar-refractivity contribution >= 4 is 29.3 Å². The van der Waals surface area contributed by atoms with E-state index in [4.69, 9.17) is 5.11 Å². The van der Waals surface area contributed by atoms with E-state index < -0.39 is 16.8 Å². The van der Waals surface area contributed by atoms with Crippen LogP contribution < -0.4 is 0 Å². The summed E-state index contributed by atoms with van der Waals surface area (Å²) in [4.78, 5) is 35.4. The molecule has 0 bridgehead atoms. The second kappa shape index (κ2) is 9.27. The van der Waals surface area contributed by atoms with Crippen molar-refractivity contribution in [2.75, 3.05) is 19.3 Å². The van der Waals surface area contributed by atoms with E-state index in [2.05, 4.69) is 13.8 Å². The molecule has 1 N–H and O–H groups in total. The highest BCUT2D eigenvalue weighted by molar-refractivity contribution is 7.99. The van der Waals surface area contributed by atoms with E-state index in [1.54, 1.807) is 12.1 Å². The van der Waals surface area contributed by atoms with Crippen molar-refractivity contribution in [3.8, 4) is 0 Å². The Hall–Kier alpha value is -2.09. The SMILES string of the molecule is CC(C)CCSc1ccc(C(=O)N(C)CCC(=O)O)cc1[N+](=O)[O-]. The molecule has 0 aliphatic heterocycles. The third kappa shape index (κ3) is 6.19. The van der Waals surface area contributed by atoms with Crippen molar-refractivity contribution in [3.63, 3.8) is 0 Å². The van der Waals surface area contributed by atoms with Gasteiger partial charge in [0.25, 0.3) is 11.6 Å². The molecule has 0 spiro atoms. The summed E-state index contributed by atoms with van der Waals surface area (Å²) in [5.41, 5.74) is 0.0871. The third-order valence-corrected chi connectivity index (χ3v) is 4.46. The van der Waals surface area contributed by atoms with Gasteiger partial charge >= 0.3 is 5.97 Å². The lowest BCUT2D eigenvalue weighted by Gasteiger charge is -2.16. The Morgan fingerprint density at radius 3 is 2.58 bits per heavy atom. The largest absolute Gasteiger partial charge is 0.481 e. The molecule has 0 atom stereocenters. The van der Waals surface area contributed by atoms with E-state index in [0.29, 0.717) is 10.8 Å². The van der Waals surface area contributed by atoms with Crippen LogP contribution in [0.25, 0.3) is 0 Å². The minimum Gasteiger partial charge on any atom is -0.481 e. The number of carbonyl (C=O) groups is 2. The number of carbonyl (C=O) groups excluding carboxylic acids is 1. The molecule has 0 aromatic heterocycles. The van der Waals surface area contributed by atoms with Crippen molar-refractivity contribution in [2.24, 2.45) is 5.92 Å². The van der Waals surface area contributed by atoms with Gasteiger partial charge in [-0.2, -0.15) is 0 Å². The van der Waals surface area contributed by atoms with Crippen molar-refractivity contribution < 1.29 is 19.6 Å². The first-order valence-corrected chi connectivity index (χ1v) is 8.59. The minimum absolute atomic E-state index is 0.0485. The zero-order valence-corrected chi connectivity index (χ0v) is 14.8. The molecule has 1 amide bonds. The summed E-state index contributed by atoms with van der Waals surface area (Å²) < 4.78 is 0. The van der Waals surface area contributed by atoms with E-state index in [9.17, 15) is 19.7 Å². The van der Waals surface area contributed by atoms with Crippen LogP contribution in [-0.4, -0.2) is 46.2 Å². The molecule has 24 heavy (non-hydrogen) atoms. The summed E-state index contributed by atoms with van der Waals surface area (Å²) in [6.45, 7) is 4.22.